The number of nitrogens with zero attached hydrogens (tertiary/aromatic N) is 2. The molecule has 0 saturated carbocycles. The van der Waals surface area contributed by atoms with E-state index in [-0.39, 0.29) is 22.5 Å². The normalized spacial score (nSPS) is 24.0. The second-order valence-electron chi connectivity index (χ2n) is 7.96. The molecule has 0 spiro atoms. The topological polar surface area (TPSA) is 124 Å². The number of rotatable bonds is 3. The molecule has 2 N–H and O–H groups in total. The third-order valence-corrected chi connectivity index (χ3v) is 6.10. The van der Waals surface area contributed by atoms with Crippen LogP contribution in [0.4, 0.5) is 18.9 Å². The van der Waals surface area contributed by atoms with Crippen LogP contribution in [0.5, 0.6) is 0 Å². The Hall–Kier alpha value is -4.28. The summed E-state index contributed by atoms with van der Waals surface area (Å²) in [5, 5.41) is 20.3. The third-order valence-electron chi connectivity index (χ3n) is 6.10. The van der Waals surface area contributed by atoms with Crippen LogP contribution in [-0.2, 0) is 20.6 Å². The van der Waals surface area contributed by atoms with E-state index in [0.717, 1.165) is 18.2 Å². The van der Waals surface area contributed by atoms with Crippen LogP contribution in [-0.4, -0.2) is 45.5 Å². The van der Waals surface area contributed by atoms with Crippen molar-refractivity contribution in [2.75, 3.05) is 4.90 Å². The van der Waals surface area contributed by atoms with E-state index in [1.165, 1.54) is 12.1 Å². The summed E-state index contributed by atoms with van der Waals surface area (Å²) >= 11 is 0. The van der Waals surface area contributed by atoms with Gasteiger partial charge >= 0.3 is 12.1 Å². The SMILES string of the molecule is O=C1C(C2=N[C@H](C(=O)O)[C@H]3C(=O)N(c4cccc(C(F)(F)F)c4)C(=O)[C@H]23)=C(O)c2ccccc21. The Balaban J connectivity index is 1.62. The maximum absolute atomic E-state index is 13.3. The van der Waals surface area contributed by atoms with Gasteiger partial charge in [0.25, 0.3) is 0 Å². The van der Waals surface area contributed by atoms with Gasteiger partial charge in [-0.05, 0) is 18.2 Å². The van der Waals surface area contributed by atoms with Crippen LogP contribution < -0.4 is 4.90 Å². The Morgan fingerprint density at radius 3 is 2.26 bits per heavy atom. The number of alkyl halides is 3. The standard InChI is InChI=1S/C23H13F3N2O6/c24-23(25,26)9-4-3-5-10(8-9)28-20(31)13-14(21(28)32)17(22(33)34)27-16(13)15-18(29)11-6-1-2-7-12(11)19(15)30/h1-8,13-14,17,29H,(H,33,34)/t13-,14-,17-/m0/s1. The molecule has 0 bridgehead atoms. The number of carboxylic acids is 1. The number of hydrogen-bond acceptors (Lipinski definition) is 6. The fraction of sp³-hybridized carbons (Fsp3) is 0.174. The maximum atomic E-state index is 13.3. The van der Waals surface area contributed by atoms with Crippen LogP contribution in [0.1, 0.15) is 21.5 Å². The number of aliphatic imine (C=N–C) groups is 1. The van der Waals surface area contributed by atoms with E-state index in [1.54, 1.807) is 12.1 Å². The summed E-state index contributed by atoms with van der Waals surface area (Å²) < 4.78 is 39.5. The number of Topliss-reactive ketones (excluding diaryl/α,β-unsaturated/α-hetero) is 1. The Kier molecular flexibility index (Phi) is 4.51. The predicted molar refractivity (Wildman–Crippen MR) is 110 cm³/mol. The minimum absolute atomic E-state index is 0.111. The van der Waals surface area contributed by atoms with Gasteiger partial charge in [0, 0.05) is 11.1 Å². The first kappa shape index (κ1) is 21.6. The Morgan fingerprint density at radius 2 is 1.65 bits per heavy atom. The van der Waals surface area contributed by atoms with Crippen LogP contribution in [0, 0.1) is 11.8 Å². The lowest BCUT2D eigenvalue weighted by Gasteiger charge is -2.18. The molecule has 2 aromatic rings. The summed E-state index contributed by atoms with van der Waals surface area (Å²) in [6, 6.07) is 7.73. The zero-order chi connectivity index (χ0) is 24.5. The van der Waals surface area contributed by atoms with Gasteiger partial charge in [-0.3, -0.25) is 19.4 Å². The number of amides is 2. The number of anilines is 1. The second-order valence-corrected chi connectivity index (χ2v) is 7.96. The van der Waals surface area contributed by atoms with Crippen molar-refractivity contribution in [2.24, 2.45) is 16.8 Å². The number of ketones is 1. The van der Waals surface area contributed by atoms with E-state index in [9.17, 15) is 42.6 Å². The van der Waals surface area contributed by atoms with Crippen LogP contribution in [0.2, 0.25) is 0 Å². The zero-order valence-corrected chi connectivity index (χ0v) is 16.9. The molecule has 2 aliphatic heterocycles. The summed E-state index contributed by atoms with van der Waals surface area (Å²) in [4.78, 5) is 55.7. The molecule has 0 unspecified atom stereocenters. The quantitative estimate of drug-likeness (QED) is 0.665. The largest absolute Gasteiger partial charge is 0.506 e. The number of halogens is 3. The molecule has 1 saturated heterocycles. The van der Waals surface area contributed by atoms with Gasteiger partial charge in [0.05, 0.1) is 34.4 Å². The van der Waals surface area contributed by atoms with Crippen molar-refractivity contribution in [3.05, 3.63) is 70.8 Å². The van der Waals surface area contributed by atoms with Crippen LogP contribution in [0.15, 0.2) is 59.1 Å². The van der Waals surface area contributed by atoms with Crippen molar-refractivity contribution in [1.82, 2.24) is 0 Å². The highest BCUT2D eigenvalue weighted by atomic mass is 19.4. The molecule has 3 atom stereocenters. The summed E-state index contributed by atoms with van der Waals surface area (Å²) in [6.45, 7) is 0. The number of hydrogen-bond donors (Lipinski definition) is 2. The Bertz CT molecular complexity index is 1380. The number of carbonyl (C=O) groups excluding carboxylic acids is 3. The fourth-order valence-electron chi connectivity index (χ4n) is 4.61. The molecule has 1 fully saturated rings. The van der Waals surface area contributed by atoms with Gasteiger partial charge in [0.15, 0.2) is 11.8 Å². The smallest absolute Gasteiger partial charge is 0.416 e. The number of aliphatic carboxylic acids is 1. The highest BCUT2D eigenvalue weighted by molar-refractivity contribution is 6.42. The molecule has 3 aliphatic rings. The highest BCUT2D eigenvalue weighted by Crippen LogP contribution is 2.44. The number of benzene rings is 2. The van der Waals surface area contributed by atoms with E-state index in [4.69, 9.17) is 0 Å². The minimum Gasteiger partial charge on any atom is -0.506 e. The Labute approximate surface area is 188 Å². The molecule has 11 heteroatoms. The van der Waals surface area contributed by atoms with Gasteiger partial charge in [-0.25, -0.2) is 9.69 Å². The van der Waals surface area contributed by atoms with Crippen LogP contribution in [0.25, 0.3) is 5.76 Å². The van der Waals surface area contributed by atoms with Crippen LogP contribution in [0.3, 0.4) is 0 Å². The van der Waals surface area contributed by atoms with Gasteiger partial charge in [0.1, 0.15) is 5.76 Å². The second kappa shape index (κ2) is 7.11. The molecule has 0 radical (unpaired) electrons. The molecule has 5 rings (SSSR count). The van der Waals surface area contributed by atoms with E-state index < -0.39 is 64.5 Å². The van der Waals surface area contributed by atoms with Crippen molar-refractivity contribution < 1.29 is 42.6 Å². The van der Waals surface area contributed by atoms with Crippen molar-refractivity contribution in [3.8, 4) is 0 Å². The lowest BCUT2D eigenvalue weighted by Crippen LogP contribution is -2.36. The summed E-state index contributed by atoms with van der Waals surface area (Å²) in [7, 11) is 0. The average molecular weight is 470 g/mol. The molecule has 2 amide bonds. The molecule has 2 heterocycles. The van der Waals surface area contributed by atoms with Crippen molar-refractivity contribution in [1.29, 1.82) is 0 Å². The van der Waals surface area contributed by atoms with Crippen molar-refractivity contribution in [3.63, 3.8) is 0 Å². The number of carbonyl (C=O) groups is 4. The van der Waals surface area contributed by atoms with Gasteiger partial charge < -0.3 is 10.2 Å². The lowest BCUT2D eigenvalue weighted by atomic mass is 9.85. The van der Waals surface area contributed by atoms with Gasteiger partial charge in [-0.1, -0.05) is 30.3 Å². The first-order valence-corrected chi connectivity index (χ1v) is 9.95. The van der Waals surface area contributed by atoms with Crippen LogP contribution >= 0.6 is 0 Å². The molecular weight excluding hydrogens is 457 g/mol. The predicted octanol–water partition coefficient (Wildman–Crippen LogP) is 2.88. The maximum Gasteiger partial charge on any atom is 0.416 e. The first-order chi connectivity index (χ1) is 16.0. The third kappa shape index (κ3) is 2.89. The summed E-state index contributed by atoms with van der Waals surface area (Å²) in [5.74, 6) is -7.98. The van der Waals surface area contributed by atoms with E-state index in [1.807, 2.05) is 0 Å². The van der Waals surface area contributed by atoms with E-state index in [0.29, 0.717) is 11.0 Å². The number of fused-ring (bicyclic) bond motifs is 2. The van der Waals surface area contributed by atoms with Gasteiger partial charge in [-0.15, -0.1) is 0 Å². The monoisotopic (exact) mass is 470 g/mol. The van der Waals surface area contributed by atoms with Gasteiger partial charge in [-0.2, -0.15) is 13.2 Å². The number of aliphatic hydroxyl groups excluding tert-OH is 1. The fourth-order valence-corrected chi connectivity index (χ4v) is 4.61. The molecule has 8 nitrogen and oxygen atoms in total. The number of carboxylic acid groups (broad SMARTS) is 1. The zero-order valence-electron chi connectivity index (χ0n) is 16.9. The van der Waals surface area contributed by atoms with Gasteiger partial charge in [0.2, 0.25) is 11.8 Å². The molecule has 1 aliphatic carbocycles. The number of allylic oxidation sites excluding steroid dienone is 1. The molecule has 2 aromatic carbocycles. The van der Waals surface area contributed by atoms with Crippen molar-refractivity contribution in [2.45, 2.75) is 12.2 Å². The molecular formula is C23H13F3N2O6. The molecule has 172 valence electrons. The van der Waals surface area contributed by atoms with Crippen molar-refractivity contribution >= 4 is 40.7 Å². The summed E-state index contributed by atoms with van der Waals surface area (Å²) in [5.41, 5.74) is -1.99. The Morgan fingerprint density at radius 1 is 0.971 bits per heavy atom. The number of aliphatic hydroxyl groups is 1. The summed E-state index contributed by atoms with van der Waals surface area (Å²) in [6.07, 6.45) is -4.74. The average Bonchev–Trinajstić information content (AvgIpc) is 3.38. The highest BCUT2D eigenvalue weighted by Gasteiger charge is 2.61. The first-order valence-electron chi connectivity index (χ1n) is 9.95. The lowest BCUT2D eigenvalue weighted by molar-refractivity contribution is -0.141. The minimum atomic E-state index is -4.74. The van der Waals surface area contributed by atoms with E-state index in [2.05, 4.69) is 4.99 Å². The number of imide groups is 1. The molecule has 34 heavy (non-hydrogen) atoms. The molecule has 0 aromatic heterocycles. The van der Waals surface area contributed by atoms with E-state index >= 15 is 0 Å².